The minimum absolute atomic E-state index is 0.0929. The fourth-order valence-corrected chi connectivity index (χ4v) is 2.75. The van der Waals surface area contributed by atoms with Crippen LogP contribution in [0.2, 0.25) is 0 Å². The summed E-state index contributed by atoms with van der Waals surface area (Å²) in [7, 11) is 0. The Morgan fingerprint density at radius 2 is 1.80 bits per heavy atom. The van der Waals surface area contributed by atoms with Gasteiger partial charge in [0.25, 0.3) is 0 Å². The molecule has 0 aromatic carbocycles. The van der Waals surface area contributed by atoms with Gasteiger partial charge in [-0.2, -0.15) is 0 Å². The standard InChI is InChI=1S/C13H24N2/c1-12(2)7-5-10-11(6-8-12)15-13(3,4)9-14-10/h9-11,15H,5-8H2,1-4H3. The Bertz CT molecular complexity index is 266. The molecule has 1 aliphatic heterocycles. The second-order valence-electron chi connectivity index (χ2n) is 6.56. The molecule has 2 heteroatoms. The molecule has 1 saturated carbocycles. The average Bonchev–Trinajstić information content (AvgIpc) is 2.25. The number of aliphatic imine (C=N–C) groups is 1. The maximum absolute atomic E-state index is 4.74. The van der Waals surface area contributed by atoms with E-state index in [2.05, 4.69) is 39.2 Å². The van der Waals surface area contributed by atoms with E-state index in [1.807, 2.05) is 0 Å². The summed E-state index contributed by atoms with van der Waals surface area (Å²) in [6.07, 6.45) is 7.27. The zero-order valence-corrected chi connectivity index (χ0v) is 10.5. The van der Waals surface area contributed by atoms with Crippen molar-refractivity contribution in [2.75, 3.05) is 0 Å². The van der Waals surface area contributed by atoms with E-state index in [1.54, 1.807) is 0 Å². The van der Waals surface area contributed by atoms with E-state index in [0.717, 1.165) is 0 Å². The van der Waals surface area contributed by atoms with Gasteiger partial charge < -0.3 is 5.32 Å². The third-order valence-corrected chi connectivity index (χ3v) is 3.86. The molecule has 1 heterocycles. The van der Waals surface area contributed by atoms with Gasteiger partial charge in [-0.3, -0.25) is 4.99 Å². The van der Waals surface area contributed by atoms with E-state index in [-0.39, 0.29) is 5.54 Å². The number of fused-ring (bicyclic) bond motifs is 1. The maximum Gasteiger partial charge on any atom is 0.0650 e. The first-order valence-electron chi connectivity index (χ1n) is 6.20. The Morgan fingerprint density at radius 3 is 2.53 bits per heavy atom. The molecule has 0 bridgehead atoms. The molecule has 2 rings (SSSR count). The Balaban J connectivity index is 2.10. The molecule has 1 fully saturated rings. The van der Waals surface area contributed by atoms with Crippen molar-refractivity contribution in [1.29, 1.82) is 0 Å². The van der Waals surface area contributed by atoms with Gasteiger partial charge in [0, 0.05) is 17.8 Å². The van der Waals surface area contributed by atoms with Crippen LogP contribution in [0.15, 0.2) is 4.99 Å². The number of hydrogen-bond acceptors (Lipinski definition) is 2. The number of nitrogens with zero attached hydrogens (tertiary/aromatic N) is 1. The minimum Gasteiger partial charge on any atom is -0.302 e. The molecular formula is C13H24N2. The SMILES string of the molecule is CC1(C)CCC2N=CC(C)(C)NC2CC1. The highest BCUT2D eigenvalue weighted by Crippen LogP contribution is 2.36. The lowest BCUT2D eigenvalue weighted by atomic mass is 9.85. The topological polar surface area (TPSA) is 24.4 Å². The molecule has 0 saturated heterocycles. The summed E-state index contributed by atoms with van der Waals surface area (Å²) in [5.41, 5.74) is 0.605. The molecule has 0 aromatic heterocycles. The van der Waals surface area contributed by atoms with Crippen LogP contribution >= 0.6 is 0 Å². The van der Waals surface area contributed by atoms with Gasteiger partial charge in [0.2, 0.25) is 0 Å². The van der Waals surface area contributed by atoms with Gasteiger partial charge in [0.1, 0.15) is 0 Å². The van der Waals surface area contributed by atoms with Gasteiger partial charge in [-0.05, 0) is 44.9 Å². The van der Waals surface area contributed by atoms with E-state index in [1.165, 1.54) is 25.7 Å². The van der Waals surface area contributed by atoms with Crippen molar-refractivity contribution in [3.8, 4) is 0 Å². The van der Waals surface area contributed by atoms with Gasteiger partial charge in [0.05, 0.1) is 6.04 Å². The number of rotatable bonds is 0. The largest absolute Gasteiger partial charge is 0.302 e. The molecule has 86 valence electrons. The first kappa shape index (κ1) is 11.1. The van der Waals surface area contributed by atoms with E-state index < -0.39 is 0 Å². The molecular weight excluding hydrogens is 184 g/mol. The number of nitrogens with one attached hydrogen (secondary N) is 1. The van der Waals surface area contributed by atoms with Gasteiger partial charge in [-0.1, -0.05) is 13.8 Å². The van der Waals surface area contributed by atoms with Crippen LogP contribution in [0.25, 0.3) is 0 Å². The second kappa shape index (κ2) is 3.58. The van der Waals surface area contributed by atoms with Crippen LogP contribution in [0.4, 0.5) is 0 Å². The summed E-state index contributed by atoms with van der Waals surface area (Å²) in [5, 5.41) is 3.72. The highest BCUT2D eigenvalue weighted by Gasteiger charge is 2.35. The molecule has 0 amide bonds. The molecule has 0 spiro atoms. The molecule has 0 radical (unpaired) electrons. The zero-order valence-electron chi connectivity index (χ0n) is 10.5. The summed E-state index contributed by atoms with van der Waals surface area (Å²) in [6.45, 7) is 9.20. The minimum atomic E-state index is 0.0929. The number of hydrogen-bond donors (Lipinski definition) is 1. The smallest absolute Gasteiger partial charge is 0.0650 e. The van der Waals surface area contributed by atoms with Crippen LogP contribution in [0.1, 0.15) is 53.4 Å². The van der Waals surface area contributed by atoms with Crippen molar-refractivity contribution >= 4 is 6.21 Å². The summed E-state index contributed by atoms with van der Waals surface area (Å²) < 4.78 is 0. The monoisotopic (exact) mass is 208 g/mol. The van der Waals surface area contributed by atoms with Gasteiger partial charge >= 0.3 is 0 Å². The van der Waals surface area contributed by atoms with E-state index in [9.17, 15) is 0 Å². The molecule has 2 atom stereocenters. The summed E-state index contributed by atoms with van der Waals surface area (Å²) >= 11 is 0. The maximum atomic E-state index is 4.74. The zero-order chi connectivity index (χ0) is 11.1. The average molecular weight is 208 g/mol. The van der Waals surface area contributed by atoms with Crippen molar-refractivity contribution in [2.24, 2.45) is 10.4 Å². The summed E-state index contributed by atoms with van der Waals surface area (Å²) in [6, 6.07) is 1.13. The fourth-order valence-electron chi connectivity index (χ4n) is 2.75. The van der Waals surface area contributed by atoms with Crippen LogP contribution < -0.4 is 5.32 Å². The fraction of sp³-hybridized carbons (Fsp3) is 0.923. The van der Waals surface area contributed by atoms with Crippen molar-refractivity contribution in [2.45, 2.75) is 71.0 Å². The highest BCUT2D eigenvalue weighted by molar-refractivity contribution is 5.70. The van der Waals surface area contributed by atoms with Gasteiger partial charge in [-0.15, -0.1) is 0 Å². The molecule has 2 aliphatic rings. The second-order valence-corrected chi connectivity index (χ2v) is 6.56. The van der Waals surface area contributed by atoms with E-state index in [4.69, 9.17) is 4.99 Å². The first-order valence-corrected chi connectivity index (χ1v) is 6.20. The predicted octanol–water partition coefficient (Wildman–Crippen LogP) is 2.78. The lowest BCUT2D eigenvalue weighted by Gasteiger charge is -2.36. The van der Waals surface area contributed by atoms with Crippen LogP contribution in [-0.2, 0) is 0 Å². The van der Waals surface area contributed by atoms with Crippen molar-refractivity contribution in [3.05, 3.63) is 0 Å². The van der Waals surface area contributed by atoms with Crippen LogP contribution in [0.3, 0.4) is 0 Å². The van der Waals surface area contributed by atoms with Crippen molar-refractivity contribution in [1.82, 2.24) is 5.32 Å². The Hall–Kier alpha value is -0.370. The first-order chi connectivity index (χ1) is 6.88. The third kappa shape index (κ3) is 2.60. The molecule has 1 aliphatic carbocycles. The van der Waals surface area contributed by atoms with Crippen molar-refractivity contribution < 1.29 is 0 Å². The van der Waals surface area contributed by atoms with Gasteiger partial charge in [-0.25, -0.2) is 0 Å². The molecule has 2 nitrogen and oxygen atoms in total. The lowest BCUT2D eigenvalue weighted by Crippen LogP contribution is -2.54. The van der Waals surface area contributed by atoms with Crippen LogP contribution in [0, 0.1) is 5.41 Å². The summed E-state index contributed by atoms with van der Waals surface area (Å²) in [5.74, 6) is 0. The molecule has 0 aromatic rings. The Kier molecular flexibility index (Phi) is 2.66. The highest BCUT2D eigenvalue weighted by atomic mass is 15.1. The Labute approximate surface area is 93.6 Å². The molecule has 1 N–H and O–H groups in total. The molecule has 2 unspecified atom stereocenters. The normalized spacial score (nSPS) is 38.1. The van der Waals surface area contributed by atoms with Crippen LogP contribution in [-0.4, -0.2) is 23.8 Å². The predicted molar refractivity (Wildman–Crippen MR) is 65.5 cm³/mol. The quantitative estimate of drug-likeness (QED) is 0.650. The van der Waals surface area contributed by atoms with Gasteiger partial charge in [0.15, 0.2) is 0 Å². The summed E-state index contributed by atoms with van der Waals surface area (Å²) in [4.78, 5) is 4.74. The van der Waals surface area contributed by atoms with Crippen LogP contribution in [0.5, 0.6) is 0 Å². The van der Waals surface area contributed by atoms with Crippen molar-refractivity contribution in [3.63, 3.8) is 0 Å². The van der Waals surface area contributed by atoms with E-state index in [0.29, 0.717) is 17.5 Å². The molecule has 15 heavy (non-hydrogen) atoms. The Morgan fingerprint density at radius 1 is 1.13 bits per heavy atom. The third-order valence-electron chi connectivity index (χ3n) is 3.86. The lowest BCUT2D eigenvalue weighted by molar-refractivity contribution is 0.304. The van der Waals surface area contributed by atoms with E-state index >= 15 is 0 Å².